The van der Waals surface area contributed by atoms with Crippen LogP contribution in [0.1, 0.15) is 73.4 Å². The van der Waals surface area contributed by atoms with Crippen LogP contribution >= 0.6 is 23.2 Å². The fourth-order valence-electron chi connectivity index (χ4n) is 4.69. The van der Waals surface area contributed by atoms with E-state index in [9.17, 15) is 9.59 Å². The molecule has 0 aliphatic carbocycles. The molecule has 0 radical (unpaired) electrons. The average Bonchev–Trinajstić information content (AvgIpc) is 3.55. The number of halogens is 3. The van der Waals surface area contributed by atoms with E-state index in [1.54, 1.807) is 10.7 Å². The van der Waals surface area contributed by atoms with Crippen LogP contribution in [0, 0.1) is 12.9 Å². The minimum atomic E-state index is -1.23. The summed E-state index contributed by atoms with van der Waals surface area (Å²) in [6, 6.07) is 3.17. The highest BCUT2D eigenvalue weighted by molar-refractivity contribution is 6.76. The van der Waals surface area contributed by atoms with Gasteiger partial charge in [-0.1, -0.05) is 45.6 Å². The van der Waals surface area contributed by atoms with Crippen molar-refractivity contribution in [3.8, 4) is 11.1 Å². The molecule has 3 rings (SSSR count). The first-order chi connectivity index (χ1) is 20.7. The van der Waals surface area contributed by atoms with E-state index in [4.69, 9.17) is 32.5 Å². The van der Waals surface area contributed by atoms with Gasteiger partial charge in [0.05, 0.1) is 11.4 Å². The van der Waals surface area contributed by atoms with Crippen LogP contribution in [-0.2, 0) is 22.7 Å². The maximum atomic E-state index is 15.5. The molecular weight excluding hydrogens is 626 g/mol. The van der Waals surface area contributed by atoms with Gasteiger partial charge in [-0.2, -0.15) is 9.49 Å². The van der Waals surface area contributed by atoms with Gasteiger partial charge in [-0.3, -0.25) is 9.59 Å². The first kappa shape index (κ1) is 35.7. The predicted octanol–water partition coefficient (Wildman–Crippen LogP) is 7.09. The summed E-state index contributed by atoms with van der Waals surface area (Å²) in [5.41, 5.74) is 3.14. The molecule has 0 aliphatic heterocycles. The Hall–Kier alpha value is -2.80. The summed E-state index contributed by atoms with van der Waals surface area (Å²) in [4.78, 5) is 29.8. The van der Waals surface area contributed by atoms with Gasteiger partial charge in [0.15, 0.2) is 0 Å². The van der Waals surface area contributed by atoms with Crippen molar-refractivity contribution < 1.29 is 23.2 Å². The second-order valence-electron chi connectivity index (χ2n) is 12.2. The maximum Gasteiger partial charge on any atom is 0.257 e. The average molecular weight is 670 g/mol. The van der Waals surface area contributed by atoms with E-state index < -0.39 is 36.7 Å². The molecule has 0 saturated heterocycles. The molecule has 0 aromatic carbocycles. The summed E-state index contributed by atoms with van der Waals surface area (Å²) in [6.45, 7) is 15.4. The third kappa shape index (κ3) is 9.85. The van der Waals surface area contributed by atoms with Crippen LogP contribution < -0.4 is 10.6 Å². The van der Waals surface area contributed by atoms with Crippen molar-refractivity contribution in [2.45, 2.75) is 103 Å². The van der Waals surface area contributed by atoms with Crippen LogP contribution in [0.5, 0.6) is 0 Å². The molecule has 44 heavy (non-hydrogen) atoms. The number of anilines is 1. The SMILES string of the molecule is CCc1c(-c2ccc(NC(=O)[C@H](CCCC(Cl)Cl)NC(=O)c3conc3C(C)C)nc2F)c(C)nn1COCC[Si](C)(C)C. The Balaban J connectivity index is 1.77. The highest BCUT2D eigenvalue weighted by Crippen LogP contribution is 2.30. The molecule has 10 nitrogen and oxygen atoms in total. The van der Waals surface area contributed by atoms with Crippen LogP contribution in [0.15, 0.2) is 22.9 Å². The lowest BCUT2D eigenvalue weighted by atomic mass is 10.0. The molecule has 2 N–H and O–H groups in total. The number of aromatic nitrogens is 4. The summed E-state index contributed by atoms with van der Waals surface area (Å²) in [5.74, 6) is -1.88. The molecule has 1 atom stereocenters. The number of carbonyl (C=O) groups excluding carboxylic acids is 2. The third-order valence-electron chi connectivity index (χ3n) is 7.07. The molecule has 0 spiro atoms. The Bertz CT molecular complexity index is 1420. The summed E-state index contributed by atoms with van der Waals surface area (Å²) in [7, 11) is -1.23. The van der Waals surface area contributed by atoms with Crippen LogP contribution in [0.25, 0.3) is 11.1 Å². The van der Waals surface area contributed by atoms with E-state index in [1.807, 2.05) is 27.7 Å². The number of amides is 2. The van der Waals surface area contributed by atoms with Gasteiger partial charge in [0.1, 0.15) is 35.3 Å². The summed E-state index contributed by atoms with van der Waals surface area (Å²) in [5, 5.41) is 13.9. The molecule has 2 amide bonds. The fraction of sp³-hybridized carbons (Fsp3) is 0.567. The molecule has 0 aliphatic rings. The topological polar surface area (TPSA) is 124 Å². The van der Waals surface area contributed by atoms with Crippen LogP contribution in [0.4, 0.5) is 10.2 Å². The monoisotopic (exact) mass is 668 g/mol. The minimum Gasteiger partial charge on any atom is -0.364 e. The molecule has 0 saturated carbocycles. The number of hydrogen-bond donors (Lipinski definition) is 2. The normalized spacial score (nSPS) is 12.6. The molecule has 242 valence electrons. The van der Waals surface area contributed by atoms with Gasteiger partial charge in [-0.15, -0.1) is 23.2 Å². The number of nitrogens with one attached hydrogen (secondary N) is 2. The fourth-order valence-corrected chi connectivity index (χ4v) is 5.76. The first-order valence-corrected chi connectivity index (χ1v) is 19.4. The van der Waals surface area contributed by atoms with Crippen molar-refractivity contribution >= 4 is 48.9 Å². The number of hydrogen-bond acceptors (Lipinski definition) is 7. The molecule has 3 aromatic heterocycles. The number of pyridine rings is 1. The number of carbonyl (C=O) groups is 2. The lowest BCUT2D eigenvalue weighted by Crippen LogP contribution is -2.44. The Labute approximate surface area is 269 Å². The first-order valence-electron chi connectivity index (χ1n) is 14.9. The van der Waals surface area contributed by atoms with Crippen molar-refractivity contribution in [1.82, 2.24) is 25.2 Å². The zero-order chi connectivity index (χ0) is 32.6. The van der Waals surface area contributed by atoms with Gasteiger partial charge in [0.2, 0.25) is 11.9 Å². The van der Waals surface area contributed by atoms with E-state index in [1.165, 1.54) is 12.3 Å². The molecule has 3 heterocycles. The standard InChI is InChI=1S/C30H43Cl2FN6O4Si/c1-8-23-26(19(4)37-39(23)17-42-14-15-44(5,6)7)20-12-13-25(35-28(20)33)36-30(41)22(10-9-11-24(31)32)34-29(40)21-16-43-38-27(21)18(2)3/h12-13,16,18,22,24H,8-11,14-15,17H2,1-7H3,(H,34,40)(H,35,36,41)/t22-/m0/s1. The van der Waals surface area contributed by atoms with Gasteiger partial charge in [0, 0.05) is 31.5 Å². The van der Waals surface area contributed by atoms with Gasteiger partial charge in [0.25, 0.3) is 5.91 Å². The highest BCUT2D eigenvalue weighted by atomic mass is 35.5. The smallest absolute Gasteiger partial charge is 0.257 e. The van der Waals surface area contributed by atoms with Gasteiger partial charge in [-0.05, 0) is 56.7 Å². The Morgan fingerprint density at radius 2 is 1.91 bits per heavy atom. The van der Waals surface area contributed by atoms with Gasteiger partial charge in [-0.25, -0.2) is 9.67 Å². The number of rotatable bonds is 16. The van der Waals surface area contributed by atoms with Gasteiger partial charge < -0.3 is 19.9 Å². The van der Waals surface area contributed by atoms with E-state index in [0.717, 1.165) is 11.7 Å². The van der Waals surface area contributed by atoms with Gasteiger partial charge >= 0.3 is 0 Å². The van der Waals surface area contributed by atoms with Crippen molar-refractivity contribution in [2.24, 2.45) is 0 Å². The van der Waals surface area contributed by atoms with E-state index in [2.05, 4.69) is 45.5 Å². The van der Waals surface area contributed by atoms with Crippen molar-refractivity contribution in [3.63, 3.8) is 0 Å². The zero-order valence-corrected chi connectivity index (χ0v) is 29.0. The second-order valence-corrected chi connectivity index (χ2v) is 19.1. The molecular formula is C30H43Cl2FN6O4Si. The Morgan fingerprint density at radius 3 is 2.52 bits per heavy atom. The number of nitrogens with zero attached hydrogens (tertiary/aromatic N) is 4. The lowest BCUT2D eigenvalue weighted by Gasteiger charge is -2.19. The lowest BCUT2D eigenvalue weighted by molar-refractivity contribution is -0.118. The van der Waals surface area contributed by atoms with Crippen LogP contribution in [0.3, 0.4) is 0 Å². The van der Waals surface area contributed by atoms with E-state index >= 15 is 4.39 Å². The zero-order valence-electron chi connectivity index (χ0n) is 26.5. The maximum absolute atomic E-state index is 15.5. The molecule has 14 heteroatoms. The molecule has 0 unspecified atom stereocenters. The summed E-state index contributed by atoms with van der Waals surface area (Å²) < 4.78 is 28.1. The van der Waals surface area contributed by atoms with Crippen molar-refractivity contribution in [2.75, 3.05) is 11.9 Å². The summed E-state index contributed by atoms with van der Waals surface area (Å²) >= 11 is 11.7. The number of aryl methyl sites for hydroxylation is 1. The predicted molar refractivity (Wildman–Crippen MR) is 173 cm³/mol. The number of ether oxygens (including phenoxy) is 1. The Morgan fingerprint density at radius 1 is 1.18 bits per heavy atom. The van der Waals surface area contributed by atoms with Crippen LogP contribution in [0.2, 0.25) is 25.7 Å². The Kier molecular flexibility index (Phi) is 12.9. The summed E-state index contributed by atoms with van der Waals surface area (Å²) in [6.07, 6.45) is 2.99. The molecule has 0 bridgehead atoms. The van der Waals surface area contributed by atoms with Crippen molar-refractivity contribution in [3.05, 3.63) is 47.0 Å². The molecule has 0 fully saturated rings. The quantitative estimate of drug-likeness (QED) is 0.0723. The molecule has 3 aromatic rings. The van der Waals surface area contributed by atoms with E-state index in [0.29, 0.717) is 42.8 Å². The minimum absolute atomic E-state index is 0.00804. The number of alkyl halides is 2. The van der Waals surface area contributed by atoms with E-state index in [-0.39, 0.29) is 36.0 Å². The second kappa shape index (κ2) is 16.0. The third-order valence-corrected chi connectivity index (χ3v) is 9.21. The highest BCUT2D eigenvalue weighted by Gasteiger charge is 2.26. The van der Waals surface area contributed by atoms with Crippen LogP contribution in [-0.4, -0.2) is 57.3 Å². The largest absolute Gasteiger partial charge is 0.364 e. The van der Waals surface area contributed by atoms with Crippen molar-refractivity contribution in [1.29, 1.82) is 0 Å².